The second-order valence-electron chi connectivity index (χ2n) is 7.65. The van der Waals surface area contributed by atoms with Gasteiger partial charge in [0.15, 0.2) is 0 Å². The SMILES string of the molecule is CC1(C)CC(NCCCc2ccccc2F)CC(C)(C)N1. The Balaban J connectivity index is 1.77. The molecule has 0 radical (unpaired) electrons. The van der Waals surface area contributed by atoms with Crippen LogP contribution in [0, 0.1) is 5.82 Å². The Labute approximate surface area is 128 Å². The highest BCUT2D eigenvalue weighted by atomic mass is 19.1. The predicted molar refractivity (Wildman–Crippen MR) is 87.0 cm³/mol. The van der Waals surface area contributed by atoms with E-state index in [1.54, 1.807) is 12.1 Å². The van der Waals surface area contributed by atoms with E-state index in [1.807, 2.05) is 12.1 Å². The Kier molecular flexibility index (Phi) is 5.05. The lowest BCUT2D eigenvalue weighted by atomic mass is 9.79. The summed E-state index contributed by atoms with van der Waals surface area (Å²) in [5.41, 5.74) is 1.17. The quantitative estimate of drug-likeness (QED) is 0.809. The predicted octanol–water partition coefficient (Wildman–Crippen LogP) is 3.66. The standard InChI is InChI=1S/C18H29FN2/c1-17(2)12-15(13-18(3,4)21-17)20-11-7-9-14-8-5-6-10-16(14)19/h5-6,8,10,15,20-21H,7,9,11-13H2,1-4H3. The zero-order valence-corrected chi connectivity index (χ0v) is 13.8. The second kappa shape index (κ2) is 6.45. The lowest BCUT2D eigenvalue weighted by molar-refractivity contribution is 0.146. The summed E-state index contributed by atoms with van der Waals surface area (Å²) >= 11 is 0. The number of halogens is 1. The molecule has 1 aromatic carbocycles. The van der Waals surface area contributed by atoms with Crippen molar-refractivity contribution in [2.45, 2.75) is 70.5 Å². The Bertz CT molecular complexity index is 452. The third kappa shape index (κ3) is 5.08. The minimum atomic E-state index is -0.0818. The molecule has 0 unspecified atom stereocenters. The van der Waals surface area contributed by atoms with E-state index >= 15 is 0 Å². The van der Waals surface area contributed by atoms with Gasteiger partial charge in [-0.25, -0.2) is 4.39 Å². The maximum atomic E-state index is 13.5. The van der Waals surface area contributed by atoms with E-state index in [2.05, 4.69) is 38.3 Å². The van der Waals surface area contributed by atoms with Crippen LogP contribution in [-0.2, 0) is 6.42 Å². The molecule has 1 heterocycles. The van der Waals surface area contributed by atoms with Crippen LogP contribution >= 0.6 is 0 Å². The lowest BCUT2D eigenvalue weighted by Gasteiger charge is -2.46. The van der Waals surface area contributed by atoms with Crippen molar-refractivity contribution in [1.82, 2.24) is 10.6 Å². The van der Waals surface area contributed by atoms with Crippen LogP contribution in [0.2, 0.25) is 0 Å². The Morgan fingerprint density at radius 3 is 2.38 bits per heavy atom. The summed E-state index contributed by atoms with van der Waals surface area (Å²) in [6.45, 7) is 10.0. The number of aryl methyl sites for hydroxylation is 1. The summed E-state index contributed by atoms with van der Waals surface area (Å²) in [5.74, 6) is -0.0818. The fourth-order valence-electron chi connectivity index (χ4n) is 3.75. The number of benzene rings is 1. The smallest absolute Gasteiger partial charge is 0.126 e. The zero-order valence-electron chi connectivity index (χ0n) is 13.8. The second-order valence-corrected chi connectivity index (χ2v) is 7.65. The summed E-state index contributed by atoms with van der Waals surface area (Å²) in [6, 6.07) is 7.61. The lowest BCUT2D eigenvalue weighted by Crippen LogP contribution is -2.61. The molecule has 2 nitrogen and oxygen atoms in total. The van der Waals surface area contributed by atoms with Gasteiger partial charge < -0.3 is 10.6 Å². The molecule has 118 valence electrons. The van der Waals surface area contributed by atoms with Crippen LogP contribution in [-0.4, -0.2) is 23.7 Å². The Morgan fingerprint density at radius 1 is 1.14 bits per heavy atom. The van der Waals surface area contributed by atoms with Crippen LogP contribution < -0.4 is 10.6 Å². The maximum Gasteiger partial charge on any atom is 0.126 e. The topological polar surface area (TPSA) is 24.1 Å². The Hall–Kier alpha value is -0.930. The molecule has 21 heavy (non-hydrogen) atoms. The molecule has 1 fully saturated rings. The maximum absolute atomic E-state index is 13.5. The summed E-state index contributed by atoms with van der Waals surface area (Å²) in [4.78, 5) is 0. The van der Waals surface area contributed by atoms with Gasteiger partial charge in [0.1, 0.15) is 5.82 Å². The van der Waals surface area contributed by atoms with Crippen LogP contribution in [0.3, 0.4) is 0 Å². The molecule has 0 bridgehead atoms. The monoisotopic (exact) mass is 292 g/mol. The Morgan fingerprint density at radius 2 is 1.76 bits per heavy atom. The molecule has 3 heteroatoms. The minimum absolute atomic E-state index is 0.0818. The summed E-state index contributed by atoms with van der Waals surface area (Å²) in [5, 5.41) is 7.36. The number of piperidine rings is 1. The number of hydrogen-bond acceptors (Lipinski definition) is 2. The molecule has 1 saturated heterocycles. The molecule has 0 spiro atoms. The van der Waals surface area contributed by atoms with E-state index in [9.17, 15) is 4.39 Å². The van der Waals surface area contributed by atoms with Crippen molar-refractivity contribution in [3.05, 3.63) is 35.6 Å². The summed E-state index contributed by atoms with van der Waals surface area (Å²) in [6.07, 6.45) is 4.05. The van der Waals surface area contributed by atoms with E-state index in [4.69, 9.17) is 0 Å². The first-order valence-electron chi connectivity index (χ1n) is 8.04. The molecule has 1 aromatic rings. The fraction of sp³-hybridized carbons (Fsp3) is 0.667. The molecule has 0 atom stereocenters. The largest absolute Gasteiger partial charge is 0.314 e. The third-order valence-corrected chi connectivity index (χ3v) is 4.20. The van der Waals surface area contributed by atoms with E-state index in [-0.39, 0.29) is 16.9 Å². The molecule has 0 saturated carbocycles. The van der Waals surface area contributed by atoms with Crippen LogP contribution in [0.5, 0.6) is 0 Å². The van der Waals surface area contributed by atoms with E-state index in [0.717, 1.165) is 37.8 Å². The van der Waals surface area contributed by atoms with Crippen molar-refractivity contribution < 1.29 is 4.39 Å². The van der Waals surface area contributed by atoms with Gasteiger partial charge in [-0.05, 0) is 71.6 Å². The normalized spacial score (nSPS) is 21.4. The van der Waals surface area contributed by atoms with Gasteiger partial charge in [-0.3, -0.25) is 0 Å². The number of rotatable bonds is 5. The summed E-state index contributed by atoms with van der Waals surface area (Å²) in [7, 11) is 0. The minimum Gasteiger partial charge on any atom is -0.314 e. The van der Waals surface area contributed by atoms with Gasteiger partial charge in [0.05, 0.1) is 0 Å². The average molecular weight is 292 g/mol. The van der Waals surface area contributed by atoms with Gasteiger partial charge in [0, 0.05) is 17.1 Å². The molecule has 2 N–H and O–H groups in total. The third-order valence-electron chi connectivity index (χ3n) is 4.20. The van der Waals surface area contributed by atoms with Crippen molar-refractivity contribution in [3.63, 3.8) is 0 Å². The van der Waals surface area contributed by atoms with Gasteiger partial charge in [0.25, 0.3) is 0 Å². The zero-order chi connectivity index (χ0) is 15.5. The first-order valence-corrected chi connectivity index (χ1v) is 8.04. The first kappa shape index (κ1) is 16.4. The molecule has 0 aliphatic carbocycles. The van der Waals surface area contributed by atoms with Crippen molar-refractivity contribution in [2.24, 2.45) is 0 Å². The number of nitrogens with one attached hydrogen (secondary N) is 2. The van der Waals surface area contributed by atoms with Crippen molar-refractivity contribution in [3.8, 4) is 0 Å². The molecule has 0 amide bonds. The summed E-state index contributed by atoms with van der Waals surface area (Å²) < 4.78 is 13.5. The van der Waals surface area contributed by atoms with E-state index < -0.39 is 0 Å². The number of hydrogen-bond donors (Lipinski definition) is 2. The van der Waals surface area contributed by atoms with Gasteiger partial charge in [-0.1, -0.05) is 18.2 Å². The van der Waals surface area contributed by atoms with Gasteiger partial charge in [-0.2, -0.15) is 0 Å². The highest BCUT2D eigenvalue weighted by Crippen LogP contribution is 2.28. The van der Waals surface area contributed by atoms with Crippen molar-refractivity contribution in [2.75, 3.05) is 6.54 Å². The molecular weight excluding hydrogens is 263 g/mol. The van der Waals surface area contributed by atoms with Crippen molar-refractivity contribution >= 4 is 0 Å². The van der Waals surface area contributed by atoms with Crippen LogP contribution in [0.25, 0.3) is 0 Å². The molecular formula is C18H29FN2. The van der Waals surface area contributed by atoms with Crippen LogP contribution in [0.15, 0.2) is 24.3 Å². The fourth-order valence-corrected chi connectivity index (χ4v) is 3.75. The van der Waals surface area contributed by atoms with Gasteiger partial charge >= 0.3 is 0 Å². The molecule has 2 rings (SSSR count). The van der Waals surface area contributed by atoms with E-state index in [0.29, 0.717) is 6.04 Å². The van der Waals surface area contributed by atoms with Gasteiger partial charge in [-0.15, -0.1) is 0 Å². The van der Waals surface area contributed by atoms with Crippen molar-refractivity contribution in [1.29, 1.82) is 0 Å². The van der Waals surface area contributed by atoms with E-state index in [1.165, 1.54) is 0 Å². The average Bonchev–Trinajstić information content (AvgIpc) is 2.33. The molecule has 0 aromatic heterocycles. The highest BCUT2D eigenvalue weighted by molar-refractivity contribution is 5.17. The molecule has 1 aliphatic rings. The first-order chi connectivity index (χ1) is 9.77. The molecule has 1 aliphatic heterocycles. The van der Waals surface area contributed by atoms with Gasteiger partial charge in [0.2, 0.25) is 0 Å². The van der Waals surface area contributed by atoms with Crippen LogP contribution in [0.1, 0.15) is 52.5 Å². The highest BCUT2D eigenvalue weighted by Gasteiger charge is 2.37. The van der Waals surface area contributed by atoms with Crippen LogP contribution in [0.4, 0.5) is 4.39 Å².